The lowest BCUT2D eigenvalue weighted by molar-refractivity contribution is 0.0945. The number of aryl methyl sites for hydroxylation is 2. The molecule has 2 aromatic heterocycles. The Bertz CT molecular complexity index is 545. The van der Waals surface area contributed by atoms with E-state index in [2.05, 4.69) is 36.5 Å². The predicted octanol–water partition coefficient (Wildman–Crippen LogP) is 1.14. The average molecular weight is 298 g/mol. The number of aromatic amines is 1. The van der Waals surface area contributed by atoms with Crippen molar-refractivity contribution in [2.75, 3.05) is 0 Å². The van der Waals surface area contributed by atoms with Crippen LogP contribution in [-0.4, -0.2) is 25.9 Å². The molecule has 0 bridgehead atoms. The van der Waals surface area contributed by atoms with E-state index in [1.54, 1.807) is 10.9 Å². The molecule has 0 fully saturated rings. The Kier molecular flexibility index (Phi) is 3.28. The van der Waals surface area contributed by atoms with Crippen molar-refractivity contribution in [3.8, 4) is 0 Å². The maximum atomic E-state index is 11.8. The van der Waals surface area contributed by atoms with E-state index in [1.807, 2.05) is 20.2 Å². The number of hydrogen-bond donors (Lipinski definition) is 2. The fourth-order valence-electron chi connectivity index (χ4n) is 1.52. The molecular formula is C10H12BrN5O. The second-order valence-electron chi connectivity index (χ2n) is 3.69. The first kappa shape index (κ1) is 11.8. The molecule has 0 aromatic carbocycles. The number of nitrogens with zero attached hydrogens (tertiary/aromatic N) is 3. The van der Waals surface area contributed by atoms with Gasteiger partial charge in [-0.3, -0.25) is 14.6 Å². The van der Waals surface area contributed by atoms with Gasteiger partial charge in [0.2, 0.25) is 0 Å². The van der Waals surface area contributed by atoms with Crippen LogP contribution < -0.4 is 5.32 Å². The molecule has 90 valence electrons. The molecular weight excluding hydrogens is 286 g/mol. The minimum absolute atomic E-state index is 0.197. The lowest BCUT2D eigenvalue weighted by atomic mass is 10.2. The van der Waals surface area contributed by atoms with Crippen LogP contribution in [0.2, 0.25) is 0 Å². The monoisotopic (exact) mass is 297 g/mol. The zero-order chi connectivity index (χ0) is 12.4. The van der Waals surface area contributed by atoms with E-state index >= 15 is 0 Å². The molecule has 2 heterocycles. The normalized spacial score (nSPS) is 10.5. The third-order valence-corrected chi connectivity index (χ3v) is 2.98. The predicted molar refractivity (Wildman–Crippen MR) is 65.4 cm³/mol. The van der Waals surface area contributed by atoms with Gasteiger partial charge in [-0.1, -0.05) is 0 Å². The zero-order valence-corrected chi connectivity index (χ0v) is 11.1. The van der Waals surface area contributed by atoms with Crippen LogP contribution in [-0.2, 0) is 13.6 Å². The molecule has 0 saturated carbocycles. The summed E-state index contributed by atoms with van der Waals surface area (Å²) in [6.45, 7) is 2.36. The number of H-pyrrole nitrogens is 1. The van der Waals surface area contributed by atoms with Crippen molar-refractivity contribution in [3.63, 3.8) is 0 Å². The standard InChI is InChI=1S/C10H12BrN5O/c1-6-7(5-16(2)15-6)3-12-10(17)9-8(11)4-13-14-9/h4-5H,3H2,1-2H3,(H,12,17)(H,13,14). The fraction of sp³-hybridized carbons (Fsp3) is 0.300. The summed E-state index contributed by atoms with van der Waals surface area (Å²) in [4.78, 5) is 11.8. The lowest BCUT2D eigenvalue weighted by Gasteiger charge is -2.02. The smallest absolute Gasteiger partial charge is 0.270 e. The maximum absolute atomic E-state index is 11.8. The Morgan fingerprint density at radius 2 is 2.41 bits per heavy atom. The lowest BCUT2D eigenvalue weighted by Crippen LogP contribution is -2.23. The number of carbonyl (C=O) groups excluding carboxylic acids is 1. The Morgan fingerprint density at radius 3 is 2.94 bits per heavy atom. The van der Waals surface area contributed by atoms with Crippen LogP contribution in [0.1, 0.15) is 21.7 Å². The summed E-state index contributed by atoms with van der Waals surface area (Å²) in [6.07, 6.45) is 3.43. The first-order valence-corrected chi connectivity index (χ1v) is 5.83. The van der Waals surface area contributed by atoms with Gasteiger partial charge in [0, 0.05) is 25.4 Å². The number of rotatable bonds is 3. The third-order valence-electron chi connectivity index (χ3n) is 2.37. The summed E-state index contributed by atoms with van der Waals surface area (Å²) < 4.78 is 2.38. The van der Waals surface area contributed by atoms with Crippen LogP contribution in [0.4, 0.5) is 0 Å². The number of halogens is 1. The van der Waals surface area contributed by atoms with Gasteiger partial charge in [-0.05, 0) is 22.9 Å². The van der Waals surface area contributed by atoms with Gasteiger partial charge in [0.05, 0.1) is 16.4 Å². The van der Waals surface area contributed by atoms with Crippen molar-refractivity contribution in [2.24, 2.45) is 7.05 Å². The molecule has 0 atom stereocenters. The van der Waals surface area contributed by atoms with E-state index in [1.165, 1.54) is 0 Å². The summed E-state index contributed by atoms with van der Waals surface area (Å²) in [5.74, 6) is -0.197. The molecule has 0 saturated heterocycles. The highest BCUT2D eigenvalue weighted by atomic mass is 79.9. The minimum atomic E-state index is -0.197. The molecule has 0 unspecified atom stereocenters. The SMILES string of the molecule is Cc1nn(C)cc1CNC(=O)c1[nH]ncc1Br. The number of aromatic nitrogens is 4. The second kappa shape index (κ2) is 4.70. The first-order valence-electron chi connectivity index (χ1n) is 5.04. The Balaban J connectivity index is 2.02. The summed E-state index contributed by atoms with van der Waals surface area (Å²) in [7, 11) is 1.85. The topological polar surface area (TPSA) is 75.6 Å². The third kappa shape index (κ3) is 2.55. The number of nitrogens with one attached hydrogen (secondary N) is 2. The molecule has 0 aliphatic heterocycles. The summed E-state index contributed by atoms with van der Waals surface area (Å²) in [6, 6.07) is 0. The van der Waals surface area contributed by atoms with Gasteiger partial charge in [-0.25, -0.2) is 0 Å². The largest absolute Gasteiger partial charge is 0.346 e. The molecule has 7 heteroatoms. The van der Waals surface area contributed by atoms with Crippen molar-refractivity contribution < 1.29 is 4.79 Å². The molecule has 6 nitrogen and oxygen atoms in total. The van der Waals surface area contributed by atoms with Gasteiger partial charge in [-0.15, -0.1) is 0 Å². The highest BCUT2D eigenvalue weighted by Gasteiger charge is 2.12. The van der Waals surface area contributed by atoms with Crippen LogP contribution in [0.25, 0.3) is 0 Å². The molecule has 0 radical (unpaired) electrons. The van der Waals surface area contributed by atoms with Gasteiger partial charge in [-0.2, -0.15) is 10.2 Å². The van der Waals surface area contributed by atoms with Crippen LogP contribution in [0, 0.1) is 6.92 Å². The Hall–Kier alpha value is -1.63. The average Bonchev–Trinajstić information content (AvgIpc) is 2.81. The first-order chi connectivity index (χ1) is 8.08. The maximum Gasteiger partial charge on any atom is 0.270 e. The Morgan fingerprint density at radius 1 is 1.65 bits per heavy atom. The molecule has 0 aliphatic carbocycles. The molecule has 0 aliphatic rings. The molecule has 0 spiro atoms. The molecule has 2 rings (SSSR count). The van der Waals surface area contributed by atoms with Crippen LogP contribution in [0.5, 0.6) is 0 Å². The fourth-order valence-corrected chi connectivity index (χ4v) is 1.89. The molecule has 2 N–H and O–H groups in total. The minimum Gasteiger partial charge on any atom is -0.346 e. The second-order valence-corrected chi connectivity index (χ2v) is 4.54. The van der Waals surface area contributed by atoms with Crippen molar-refractivity contribution >= 4 is 21.8 Å². The van der Waals surface area contributed by atoms with E-state index < -0.39 is 0 Å². The zero-order valence-electron chi connectivity index (χ0n) is 9.49. The summed E-state index contributed by atoms with van der Waals surface area (Å²) in [5.41, 5.74) is 2.33. The van der Waals surface area contributed by atoms with Crippen LogP contribution in [0.15, 0.2) is 16.9 Å². The highest BCUT2D eigenvalue weighted by Crippen LogP contribution is 2.12. The molecule has 17 heavy (non-hydrogen) atoms. The van der Waals surface area contributed by atoms with Crippen molar-refractivity contribution in [3.05, 3.63) is 33.8 Å². The van der Waals surface area contributed by atoms with Gasteiger partial charge in [0.15, 0.2) is 0 Å². The van der Waals surface area contributed by atoms with Gasteiger partial charge < -0.3 is 5.32 Å². The van der Waals surface area contributed by atoms with Crippen molar-refractivity contribution in [2.45, 2.75) is 13.5 Å². The molecule has 2 aromatic rings. The number of hydrogen-bond acceptors (Lipinski definition) is 3. The van der Waals surface area contributed by atoms with E-state index in [4.69, 9.17) is 0 Å². The van der Waals surface area contributed by atoms with Crippen LogP contribution in [0.3, 0.4) is 0 Å². The van der Waals surface area contributed by atoms with E-state index in [9.17, 15) is 4.79 Å². The summed E-state index contributed by atoms with van der Waals surface area (Å²) in [5, 5.41) is 13.4. The van der Waals surface area contributed by atoms with Gasteiger partial charge >= 0.3 is 0 Å². The van der Waals surface area contributed by atoms with Gasteiger partial charge in [0.1, 0.15) is 5.69 Å². The van der Waals surface area contributed by atoms with Crippen molar-refractivity contribution in [1.29, 1.82) is 0 Å². The number of carbonyl (C=O) groups is 1. The van der Waals surface area contributed by atoms with Gasteiger partial charge in [0.25, 0.3) is 5.91 Å². The molecule has 1 amide bonds. The highest BCUT2D eigenvalue weighted by molar-refractivity contribution is 9.10. The van der Waals surface area contributed by atoms with E-state index in [0.29, 0.717) is 16.7 Å². The van der Waals surface area contributed by atoms with E-state index in [-0.39, 0.29) is 5.91 Å². The Labute approximate surface area is 107 Å². The quantitative estimate of drug-likeness (QED) is 0.892. The number of amides is 1. The van der Waals surface area contributed by atoms with Crippen molar-refractivity contribution in [1.82, 2.24) is 25.3 Å². The summed E-state index contributed by atoms with van der Waals surface area (Å²) >= 11 is 3.24. The van der Waals surface area contributed by atoms with E-state index in [0.717, 1.165) is 11.3 Å². The van der Waals surface area contributed by atoms with Crippen LogP contribution >= 0.6 is 15.9 Å².